The molecular weight excluding hydrogens is 390 g/mol. The average molecular weight is 408 g/mol. The number of hydrogen-bond donors (Lipinski definition) is 1. The zero-order valence-electron chi connectivity index (χ0n) is 14.0. The summed E-state index contributed by atoms with van der Waals surface area (Å²) in [6.07, 6.45) is 1.20. The van der Waals surface area contributed by atoms with Crippen molar-refractivity contribution in [2.45, 2.75) is 30.0 Å². The smallest absolute Gasteiger partial charge is 0.253 e. The van der Waals surface area contributed by atoms with Crippen LogP contribution >= 0.6 is 22.7 Å². The number of thiazole rings is 1. The molecule has 1 aromatic carbocycles. The molecule has 0 unspecified atom stereocenters. The fourth-order valence-electron chi connectivity index (χ4n) is 3.16. The highest BCUT2D eigenvalue weighted by molar-refractivity contribution is 7.91. The van der Waals surface area contributed by atoms with Crippen LogP contribution in [0.15, 0.2) is 39.9 Å². The maximum atomic E-state index is 12.8. The number of thiophene rings is 1. The monoisotopic (exact) mass is 407 g/mol. The van der Waals surface area contributed by atoms with Gasteiger partial charge in [0.1, 0.15) is 10.3 Å². The number of rotatable bonds is 4. The Hall–Kier alpha value is -1.81. The molecule has 1 N–H and O–H groups in total. The van der Waals surface area contributed by atoms with Crippen molar-refractivity contribution >= 4 is 54.5 Å². The Morgan fingerprint density at radius 3 is 2.96 bits per heavy atom. The van der Waals surface area contributed by atoms with Crippen LogP contribution < -0.4 is 5.32 Å². The summed E-state index contributed by atoms with van der Waals surface area (Å²) in [5, 5.41) is 5.55. The highest BCUT2D eigenvalue weighted by Gasteiger charge is 2.39. The number of nitrogens with zero attached hydrogens (tertiary/aromatic N) is 2. The number of amides is 1. The highest BCUT2D eigenvalue weighted by atomic mass is 32.2. The number of benzene rings is 1. The Kier molecular flexibility index (Phi) is 4.55. The van der Waals surface area contributed by atoms with Crippen LogP contribution in [0.4, 0.5) is 5.69 Å². The summed E-state index contributed by atoms with van der Waals surface area (Å²) in [6, 6.07) is 8.16. The first-order valence-electron chi connectivity index (χ1n) is 8.18. The topological polar surface area (TPSA) is 79.4 Å². The van der Waals surface area contributed by atoms with Crippen molar-refractivity contribution in [3.05, 3.63) is 40.7 Å². The molecule has 4 rings (SSSR count). The lowest BCUT2D eigenvalue weighted by Crippen LogP contribution is -2.42. The molecule has 6 nitrogen and oxygen atoms in total. The van der Waals surface area contributed by atoms with Crippen LogP contribution in [0.3, 0.4) is 0 Å². The number of aryl methyl sites for hydroxylation is 1. The minimum atomic E-state index is -3.63. The number of aromatic nitrogens is 1. The van der Waals surface area contributed by atoms with Crippen LogP contribution in [0.25, 0.3) is 10.2 Å². The van der Waals surface area contributed by atoms with Gasteiger partial charge >= 0.3 is 0 Å². The van der Waals surface area contributed by atoms with Crippen LogP contribution in [0.5, 0.6) is 0 Å². The van der Waals surface area contributed by atoms with Crippen molar-refractivity contribution in [3.63, 3.8) is 0 Å². The molecule has 0 aliphatic carbocycles. The molecule has 0 saturated carbocycles. The number of carbonyl (C=O) groups is 1. The molecule has 3 heterocycles. The largest absolute Gasteiger partial charge is 0.325 e. The van der Waals surface area contributed by atoms with E-state index in [4.69, 9.17) is 0 Å². The Bertz CT molecular complexity index is 1060. The van der Waals surface area contributed by atoms with Gasteiger partial charge in [-0.25, -0.2) is 13.4 Å². The fourth-order valence-corrected chi connectivity index (χ4v) is 6.75. The van der Waals surface area contributed by atoms with E-state index < -0.39 is 16.1 Å². The van der Waals surface area contributed by atoms with Crippen molar-refractivity contribution < 1.29 is 13.2 Å². The molecule has 1 amide bonds. The van der Waals surface area contributed by atoms with Gasteiger partial charge in [-0.15, -0.1) is 22.7 Å². The maximum absolute atomic E-state index is 12.8. The molecule has 26 heavy (non-hydrogen) atoms. The second-order valence-corrected chi connectivity index (χ2v) is 10.4. The summed E-state index contributed by atoms with van der Waals surface area (Å²) in [7, 11) is -3.63. The third-order valence-corrected chi connectivity index (χ3v) is 8.56. The fraction of sp³-hybridized carbons (Fsp3) is 0.294. The van der Waals surface area contributed by atoms with Crippen molar-refractivity contribution in [1.29, 1.82) is 0 Å². The van der Waals surface area contributed by atoms with E-state index in [2.05, 4.69) is 10.3 Å². The van der Waals surface area contributed by atoms with Gasteiger partial charge in [-0.05, 0) is 49.4 Å². The molecular formula is C17H17N3O3S3. The van der Waals surface area contributed by atoms with Gasteiger partial charge in [-0.1, -0.05) is 6.07 Å². The average Bonchev–Trinajstić information content (AvgIpc) is 3.34. The number of carbonyl (C=O) groups excluding carboxylic acids is 1. The molecule has 1 atom stereocenters. The van der Waals surface area contributed by atoms with Gasteiger partial charge in [0.25, 0.3) is 10.0 Å². The first-order chi connectivity index (χ1) is 12.4. The lowest BCUT2D eigenvalue weighted by molar-refractivity contribution is -0.119. The van der Waals surface area contributed by atoms with Gasteiger partial charge in [-0.3, -0.25) is 4.79 Å². The molecule has 136 valence electrons. The highest BCUT2D eigenvalue weighted by Crippen LogP contribution is 2.30. The number of anilines is 1. The van der Waals surface area contributed by atoms with Crippen LogP contribution in [-0.4, -0.2) is 36.2 Å². The van der Waals surface area contributed by atoms with E-state index >= 15 is 0 Å². The summed E-state index contributed by atoms with van der Waals surface area (Å²) in [6.45, 7) is 2.30. The molecule has 0 radical (unpaired) electrons. The number of hydrogen-bond acceptors (Lipinski definition) is 6. The Balaban J connectivity index is 1.56. The zero-order chi connectivity index (χ0) is 18.3. The van der Waals surface area contributed by atoms with Crippen molar-refractivity contribution in [2.75, 3.05) is 11.9 Å². The SMILES string of the molecule is Cc1nc2cc(NC(=O)[C@@H]3CCCN3S(=O)(=O)c3cccs3)ccc2s1. The van der Waals surface area contributed by atoms with Crippen LogP contribution in [0.2, 0.25) is 0 Å². The van der Waals surface area contributed by atoms with E-state index in [9.17, 15) is 13.2 Å². The van der Waals surface area contributed by atoms with Crippen LogP contribution in [0.1, 0.15) is 17.8 Å². The minimum absolute atomic E-state index is 0.275. The summed E-state index contributed by atoms with van der Waals surface area (Å²) in [5.41, 5.74) is 1.47. The van der Waals surface area contributed by atoms with E-state index in [0.29, 0.717) is 25.1 Å². The molecule has 2 aromatic heterocycles. The Morgan fingerprint density at radius 2 is 2.19 bits per heavy atom. The molecule has 9 heteroatoms. The van der Waals surface area contributed by atoms with Gasteiger partial charge in [0.05, 0.1) is 15.2 Å². The summed E-state index contributed by atoms with van der Waals surface area (Å²) in [5.74, 6) is -0.297. The predicted octanol–water partition coefficient (Wildman–Crippen LogP) is 3.46. The molecule has 0 bridgehead atoms. The number of fused-ring (bicyclic) bond motifs is 1. The van der Waals surface area contributed by atoms with Crippen molar-refractivity contribution in [1.82, 2.24) is 9.29 Å². The van der Waals surface area contributed by atoms with Gasteiger partial charge in [0.15, 0.2) is 0 Å². The molecule has 1 aliphatic rings. The molecule has 1 aliphatic heterocycles. The predicted molar refractivity (Wildman–Crippen MR) is 104 cm³/mol. The van der Waals surface area contributed by atoms with Crippen molar-refractivity contribution in [3.8, 4) is 0 Å². The van der Waals surface area contributed by atoms with Gasteiger partial charge in [-0.2, -0.15) is 4.31 Å². The lowest BCUT2D eigenvalue weighted by atomic mass is 10.2. The van der Waals surface area contributed by atoms with E-state index in [0.717, 1.165) is 15.2 Å². The summed E-state index contributed by atoms with van der Waals surface area (Å²) >= 11 is 2.77. The van der Waals surface area contributed by atoms with Crippen LogP contribution in [0, 0.1) is 6.92 Å². The van der Waals surface area contributed by atoms with E-state index in [-0.39, 0.29) is 10.1 Å². The van der Waals surface area contributed by atoms with Gasteiger partial charge < -0.3 is 5.32 Å². The molecule has 0 spiro atoms. The molecule has 1 fully saturated rings. The minimum Gasteiger partial charge on any atom is -0.325 e. The first-order valence-corrected chi connectivity index (χ1v) is 11.3. The normalized spacial score (nSPS) is 18.4. The lowest BCUT2D eigenvalue weighted by Gasteiger charge is -2.22. The standard InChI is InChI=1S/C17H17N3O3S3/c1-11-18-13-10-12(6-7-15(13)25-11)19-17(21)14-4-2-8-20(14)26(22,23)16-5-3-9-24-16/h3,5-7,9-10,14H,2,4,8H2,1H3,(H,19,21)/t14-/m0/s1. The van der Waals surface area contributed by atoms with E-state index in [1.54, 1.807) is 28.8 Å². The third kappa shape index (κ3) is 3.16. The number of sulfonamides is 1. The maximum Gasteiger partial charge on any atom is 0.253 e. The summed E-state index contributed by atoms with van der Waals surface area (Å²) < 4.78 is 28.2. The molecule has 1 saturated heterocycles. The molecule has 3 aromatic rings. The Labute approximate surface area is 159 Å². The number of nitrogens with one attached hydrogen (secondary N) is 1. The van der Waals surface area contributed by atoms with Gasteiger partial charge in [0, 0.05) is 12.2 Å². The summed E-state index contributed by atoms with van der Waals surface area (Å²) in [4.78, 5) is 17.2. The quantitative estimate of drug-likeness (QED) is 0.718. The van der Waals surface area contributed by atoms with E-state index in [1.807, 2.05) is 25.1 Å². The second-order valence-electron chi connectivity index (χ2n) is 6.11. The van der Waals surface area contributed by atoms with Crippen molar-refractivity contribution in [2.24, 2.45) is 0 Å². The first kappa shape index (κ1) is 17.6. The van der Waals surface area contributed by atoms with Crippen LogP contribution in [-0.2, 0) is 14.8 Å². The van der Waals surface area contributed by atoms with E-state index in [1.165, 1.54) is 15.6 Å². The van der Waals surface area contributed by atoms with Gasteiger partial charge in [0.2, 0.25) is 5.91 Å². The zero-order valence-corrected chi connectivity index (χ0v) is 16.5. The second kappa shape index (κ2) is 6.73. The Morgan fingerprint density at radius 1 is 1.35 bits per heavy atom. The third-order valence-electron chi connectivity index (χ3n) is 4.33.